The van der Waals surface area contributed by atoms with Crippen molar-refractivity contribution in [3.8, 4) is 5.69 Å². The van der Waals surface area contributed by atoms with E-state index in [-0.39, 0.29) is 17.2 Å². The minimum absolute atomic E-state index is 0.0104. The summed E-state index contributed by atoms with van der Waals surface area (Å²) in [5.74, 6) is 1.02. The van der Waals surface area contributed by atoms with Gasteiger partial charge in [-0.1, -0.05) is 47.7 Å². The first kappa shape index (κ1) is 24.7. The Hall–Kier alpha value is -3.62. The Morgan fingerprint density at radius 2 is 1.84 bits per heavy atom. The third-order valence-corrected chi connectivity index (χ3v) is 9.00. The number of benzene rings is 2. The molecule has 2 aromatic carbocycles. The summed E-state index contributed by atoms with van der Waals surface area (Å²) >= 11 is 3.10. The van der Waals surface area contributed by atoms with Gasteiger partial charge in [0.25, 0.3) is 11.5 Å². The van der Waals surface area contributed by atoms with E-state index in [2.05, 4.69) is 5.32 Å². The molecule has 6 nitrogen and oxygen atoms in total. The van der Waals surface area contributed by atoms with Gasteiger partial charge in [-0.05, 0) is 81.0 Å². The van der Waals surface area contributed by atoms with Crippen LogP contribution in [0.1, 0.15) is 50.7 Å². The number of nitrogens with one attached hydrogen (secondary N) is 1. The summed E-state index contributed by atoms with van der Waals surface area (Å²) in [6, 6.07) is 19.0. The van der Waals surface area contributed by atoms with Gasteiger partial charge in [-0.15, -0.1) is 11.3 Å². The number of carbonyl (C=O) groups excluding carboxylic acids is 1. The van der Waals surface area contributed by atoms with Crippen molar-refractivity contribution in [2.24, 2.45) is 0 Å². The highest BCUT2D eigenvalue weighted by molar-refractivity contribution is 7.98. The third kappa shape index (κ3) is 4.70. The van der Waals surface area contributed by atoms with E-state index in [0.29, 0.717) is 22.4 Å². The topological polar surface area (TPSA) is 77.1 Å². The molecular weight excluding hydrogens is 514 g/mol. The summed E-state index contributed by atoms with van der Waals surface area (Å²) in [5, 5.41) is 4.26. The highest BCUT2D eigenvalue weighted by Crippen LogP contribution is 2.36. The van der Waals surface area contributed by atoms with Crippen molar-refractivity contribution in [1.82, 2.24) is 9.55 Å². The van der Waals surface area contributed by atoms with E-state index >= 15 is 0 Å². The number of rotatable bonds is 6. The molecule has 192 valence electrons. The third-order valence-electron chi connectivity index (χ3n) is 6.85. The molecule has 38 heavy (non-hydrogen) atoms. The van der Waals surface area contributed by atoms with Crippen LogP contribution in [0.2, 0.25) is 0 Å². The molecular formula is C30H27N3O3S2. The number of carbonyl (C=O) groups is 1. The predicted octanol–water partition coefficient (Wildman–Crippen LogP) is 7.08. The molecule has 8 heteroatoms. The molecule has 5 aromatic rings. The molecule has 1 amide bonds. The number of aryl methyl sites for hydroxylation is 4. The van der Waals surface area contributed by atoms with Crippen LogP contribution in [0, 0.1) is 13.8 Å². The second-order valence-electron chi connectivity index (χ2n) is 9.59. The van der Waals surface area contributed by atoms with Gasteiger partial charge in [0.15, 0.2) is 10.9 Å². The van der Waals surface area contributed by atoms with Crippen LogP contribution in [-0.2, 0) is 18.6 Å². The van der Waals surface area contributed by atoms with Crippen molar-refractivity contribution in [2.45, 2.75) is 50.4 Å². The Morgan fingerprint density at radius 3 is 2.66 bits per heavy atom. The summed E-state index contributed by atoms with van der Waals surface area (Å²) in [6.07, 6.45) is 4.22. The zero-order valence-corrected chi connectivity index (χ0v) is 22.9. The van der Waals surface area contributed by atoms with Crippen LogP contribution < -0.4 is 10.9 Å². The standard InChI is InChI=1S/C30H27N3O3S2/c1-18-11-13-20(14-12-18)31-27(34)24-16-15-21(36-24)17-37-30-32-28-26(22-8-4-6-10-25(22)38-28)29(35)33(30)23-9-5-3-7-19(23)2/h3,5,7,9,11-16H,4,6,8,10,17H2,1-2H3,(H,31,34). The van der Waals surface area contributed by atoms with Gasteiger partial charge in [-0.2, -0.15) is 0 Å². The fourth-order valence-corrected chi connectivity index (χ4v) is 7.05. The summed E-state index contributed by atoms with van der Waals surface area (Å²) in [4.78, 5) is 33.8. The van der Waals surface area contributed by atoms with E-state index in [0.717, 1.165) is 52.7 Å². The second kappa shape index (κ2) is 10.3. The number of para-hydroxylation sites is 1. The van der Waals surface area contributed by atoms with Gasteiger partial charge in [0.2, 0.25) is 0 Å². The summed E-state index contributed by atoms with van der Waals surface area (Å²) in [7, 11) is 0. The lowest BCUT2D eigenvalue weighted by atomic mass is 9.97. The van der Waals surface area contributed by atoms with Crippen LogP contribution in [0.25, 0.3) is 15.9 Å². The van der Waals surface area contributed by atoms with Crippen LogP contribution in [0.3, 0.4) is 0 Å². The number of hydrogen-bond acceptors (Lipinski definition) is 6. The van der Waals surface area contributed by atoms with Gasteiger partial charge in [0, 0.05) is 10.6 Å². The van der Waals surface area contributed by atoms with Crippen molar-refractivity contribution in [2.75, 3.05) is 5.32 Å². The molecule has 0 saturated carbocycles. The average Bonchev–Trinajstić information content (AvgIpc) is 3.54. The first-order valence-electron chi connectivity index (χ1n) is 12.7. The number of nitrogens with zero attached hydrogens (tertiary/aromatic N) is 2. The van der Waals surface area contributed by atoms with E-state index in [1.165, 1.54) is 22.2 Å². The van der Waals surface area contributed by atoms with E-state index in [1.54, 1.807) is 28.0 Å². The minimum atomic E-state index is -0.300. The number of thioether (sulfide) groups is 1. The Kier molecular flexibility index (Phi) is 6.68. The van der Waals surface area contributed by atoms with E-state index in [4.69, 9.17) is 9.40 Å². The van der Waals surface area contributed by atoms with E-state index in [1.807, 2.05) is 62.4 Å². The summed E-state index contributed by atoms with van der Waals surface area (Å²) in [6.45, 7) is 4.01. The van der Waals surface area contributed by atoms with Gasteiger partial charge in [-0.3, -0.25) is 14.2 Å². The lowest BCUT2D eigenvalue weighted by Gasteiger charge is -2.15. The van der Waals surface area contributed by atoms with E-state index in [9.17, 15) is 9.59 Å². The monoisotopic (exact) mass is 541 g/mol. The number of anilines is 1. The molecule has 0 saturated heterocycles. The molecule has 0 radical (unpaired) electrons. The molecule has 6 rings (SSSR count). The van der Waals surface area contributed by atoms with Gasteiger partial charge < -0.3 is 9.73 Å². The maximum atomic E-state index is 14.0. The molecule has 0 unspecified atom stereocenters. The smallest absolute Gasteiger partial charge is 0.291 e. The maximum Gasteiger partial charge on any atom is 0.291 e. The molecule has 1 aliphatic carbocycles. The van der Waals surface area contributed by atoms with Crippen molar-refractivity contribution in [3.63, 3.8) is 0 Å². The van der Waals surface area contributed by atoms with Gasteiger partial charge in [0.05, 0.1) is 16.8 Å². The van der Waals surface area contributed by atoms with E-state index < -0.39 is 0 Å². The largest absolute Gasteiger partial charge is 0.455 e. The van der Waals surface area contributed by atoms with Crippen LogP contribution in [0.15, 0.2) is 75.0 Å². The van der Waals surface area contributed by atoms with Gasteiger partial charge >= 0.3 is 0 Å². The fraction of sp³-hybridized carbons (Fsp3) is 0.233. The molecule has 0 spiro atoms. The van der Waals surface area contributed by atoms with Crippen LogP contribution in [0.5, 0.6) is 0 Å². The molecule has 0 fully saturated rings. The Morgan fingerprint density at radius 1 is 1.05 bits per heavy atom. The quantitative estimate of drug-likeness (QED) is 0.184. The Labute approximate surface area is 228 Å². The van der Waals surface area contributed by atoms with Crippen molar-refractivity contribution in [3.05, 3.63) is 104 Å². The number of aromatic nitrogens is 2. The SMILES string of the molecule is Cc1ccc(NC(=O)c2ccc(CSc3nc4sc5c(c4c(=O)n3-c3ccccc3C)CCCC5)o2)cc1. The molecule has 3 heterocycles. The first-order valence-corrected chi connectivity index (χ1v) is 14.5. The van der Waals surface area contributed by atoms with Gasteiger partial charge in [-0.25, -0.2) is 4.98 Å². The zero-order chi connectivity index (χ0) is 26.2. The summed E-state index contributed by atoms with van der Waals surface area (Å²) in [5.41, 5.74) is 4.86. The number of fused-ring (bicyclic) bond motifs is 3. The van der Waals surface area contributed by atoms with Gasteiger partial charge in [0.1, 0.15) is 10.6 Å². The minimum Gasteiger partial charge on any atom is -0.455 e. The second-order valence-corrected chi connectivity index (χ2v) is 11.6. The normalized spacial score (nSPS) is 13.0. The highest BCUT2D eigenvalue weighted by Gasteiger charge is 2.23. The predicted molar refractivity (Wildman–Crippen MR) is 154 cm³/mol. The molecule has 1 aliphatic rings. The number of amides is 1. The lowest BCUT2D eigenvalue weighted by molar-refractivity contribution is 0.0995. The number of hydrogen-bond donors (Lipinski definition) is 1. The van der Waals surface area contributed by atoms with Crippen molar-refractivity contribution in [1.29, 1.82) is 0 Å². The van der Waals surface area contributed by atoms with Crippen molar-refractivity contribution >= 4 is 44.9 Å². The molecule has 0 atom stereocenters. The first-order chi connectivity index (χ1) is 18.5. The molecule has 3 aromatic heterocycles. The zero-order valence-electron chi connectivity index (χ0n) is 21.2. The number of furan rings is 1. The molecule has 0 bridgehead atoms. The highest BCUT2D eigenvalue weighted by atomic mass is 32.2. The fourth-order valence-electron chi connectivity index (χ4n) is 4.85. The molecule has 1 N–H and O–H groups in total. The summed E-state index contributed by atoms with van der Waals surface area (Å²) < 4.78 is 7.62. The van der Waals surface area contributed by atoms with Crippen LogP contribution in [-0.4, -0.2) is 15.5 Å². The van der Waals surface area contributed by atoms with Crippen molar-refractivity contribution < 1.29 is 9.21 Å². The number of thiophene rings is 1. The maximum absolute atomic E-state index is 14.0. The van der Waals surface area contributed by atoms with Crippen LogP contribution >= 0.6 is 23.1 Å². The average molecular weight is 542 g/mol. The molecule has 0 aliphatic heterocycles. The Bertz CT molecular complexity index is 1710. The van der Waals surface area contributed by atoms with Crippen LogP contribution in [0.4, 0.5) is 5.69 Å². The Balaban J connectivity index is 1.31. The lowest BCUT2D eigenvalue weighted by Crippen LogP contribution is -2.23.